The Kier molecular flexibility index (Phi) is 4.69. The number of nitrogens with one attached hydrogen (secondary N) is 1. The molecule has 0 radical (unpaired) electrons. The predicted molar refractivity (Wildman–Crippen MR) is 79.8 cm³/mol. The van der Waals surface area contributed by atoms with E-state index in [0.29, 0.717) is 5.92 Å². The monoisotopic (exact) mass is 266 g/mol. The molecule has 1 aromatic rings. The number of thioether (sulfide) groups is 1. The van der Waals surface area contributed by atoms with Crippen LogP contribution < -0.4 is 10.2 Å². The molecule has 0 unspecified atom stereocenters. The third-order valence-electron chi connectivity index (χ3n) is 3.05. The Morgan fingerprint density at radius 1 is 1.28 bits per heavy atom. The Hall–Kier alpha value is -0.970. The van der Waals surface area contributed by atoms with Crippen LogP contribution in [-0.2, 0) is 0 Å². The van der Waals surface area contributed by atoms with Gasteiger partial charge in [-0.05, 0) is 12.2 Å². The van der Waals surface area contributed by atoms with E-state index in [4.69, 9.17) is 4.98 Å². The van der Waals surface area contributed by atoms with Crippen LogP contribution in [0.4, 0.5) is 11.6 Å². The molecule has 18 heavy (non-hydrogen) atoms. The number of nitrogens with zero attached hydrogens (tertiary/aromatic N) is 3. The fourth-order valence-corrected chi connectivity index (χ4v) is 2.86. The summed E-state index contributed by atoms with van der Waals surface area (Å²) in [6.45, 7) is 6.46. The van der Waals surface area contributed by atoms with E-state index < -0.39 is 0 Å². The van der Waals surface area contributed by atoms with Gasteiger partial charge in [-0.2, -0.15) is 11.8 Å². The topological polar surface area (TPSA) is 41.0 Å². The molecule has 100 valence electrons. The van der Waals surface area contributed by atoms with Crippen LogP contribution in [0.3, 0.4) is 0 Å². The van der Waals surface area contributed by atoms with Gasteiger partial charge in [0.25, 0.3) is 0 Å². The van der Waals surface area contributed by atoms with Crippen molar-refractivity contribution in [3.05, 3.63) is 11.9 Å². The van der Waals surface area contributed by atoms with E-state index in [-0.39, 0.29) is 0 Å². The van der Waals surface area contributed by atoms with E-state index in [2.05, 4.69) is 35.1 Å². The third kappa shape index (κ3) is 3.28. The standard InChI is InChI=1S/C13H22N4S/c1-10(2)13-15-11(14-3)9-12(16-13)17-5-4-7-18-8-6-17/h9-10H,4-8H2,1-3H3,(H,14,15,16). The molecule has 1 saturated heterocycles. The van der Waals surface area contributed by atoms with Gasteiger partial charge in [0, 0.05) is 37.9 Å². The molecular weight excluding hydrogens is 244 g/mol. The van der Waals surface area contributed by atoms with Gasteiger partial charge in [-0.1, -0.05) is 13.8 Å². The van der Waals surface area contributed by atoms with Gasteiger partial charge >= 0.3 is 0 Å². The lowest BCUT2D eigenvalue weighted by Gasteiger charge is -2.22. The summed E-state index contributed by atoms with van der Waals surface area (Å²) in [6.07, 6.45) is 1.24. The predicted octanol–water partition coefficient (Wildman–Crippen LogP) is 2.59. The molecule has 0 aromatic carbocycles. The summed E-state index contributed by atoms with van der Waals surface area (Å²) in [5, 5.41) is 3.13. The van der Waals surface area contributed by atoms with Crippen LogP contribution in [0, 0.1) is 0 Å². The molecule has 0 bridgehead atoms. The molecule has 1 N–H and O–H groups in total. The summed E-state index contributed by atoms with van der Waals surface area (Å²) in [7, 11) is 1.91. The van der Waals surface area contributed by atoms with E-state index in [0.717, 1.165) is 30.5 Å². The first kappa shape index (κ1) is 13.5. The van der Waals surface area contributed by atoms with Gasteiger partial charge in [0.15, 0.2) is 0 Å². The number of rotatable bonds is 3. The van der Waals surface area contributed by atoms with Crippen molar-refractivity contribution in [2.75, 3.05) is 41.9 Å². The van der Waals surface area contributed by atoms with Crippen LogP contribution in [0.25, 0.3) is 0 Å². The van der Waals surface area contributed by atoms with Crippen molar-refractivity contribution in [1.29, 1.82) is 0 Å². The molecule has 1 aliphatic rings. The van der Waals surface area contributed by atoms with Crippen LogP contribution in [0.1, 0.15) is 32.0 Å². The number of hydrogen-bond acceptors (Lipinski definition) is 5. The molecule has 1 aromatic heterocycles. The maximum absolute atomic E-state index is 4.71. The summed E-state index contributed by atoms with van der Waals surface area (Å²) in [6, 6.07) is 2.06. The molecule has 1 aliphatic heterocycles. The van der Waals surface area contributed by atoms with Crippen molar-refractivity contribution in [3.63, 3.8) is 0 Å². The molecule has 0 amide bonds. The number of anilines is 2. The van der Waals surface area contributed by atoms with Crippen molar-refractivity contribution >= 4 is 23.4 Å². The zero-order valence-electron chi connectivity index (χ0n) is 11.4. The highest BCUT2D eigenvalue weighted by Crippen LogP contribution is 2.22. The van der Waals surface area contributed by atoms with Gasteiger partial charge < -0.3 is 10.2 Å². The highest BCUT2D eigenvalue weighted by molar-refractivity contribution is 7.99. The smallest absolute Gasteiger partial charge is 0.135 e. The highest BCUT2D eigenvalue weighted by atomic mass is 32.2. The minimum absolute atomic E-state index is 0.360. The van der Waals surface area contributed by atoms with Crippen LogP contribution in [0.2, 0.25) is 0 Å². The summed E-state index contributed by atoms with van der Waals surface area (Å²) in [5.41, 5.74) is 0. The van der Waals surface area contributed by atoms with Crippen LogP contribution in [0.5, 0.6) is 0 Å². The van der Waals surface area contributed by atoms with Crippen molar-refractivity contribution in [3.8, 4) is 0 Å². The first-order valence-corrected chi connectivity index (χ1v) is 7.75. The fraction of sp³-hybridized carbons (Fsp3) is 0.692. The highest BCUT2D eigenvalue weighted by Gasteiger charge is 2.14. The van der Waals surface area contributed by atoms with Gasteiger partial charge in [0.05, 0.1) is 0 Å². The normalized spacial score (nSPS) is 16.8. The van der Waals surface area contributed by atoms with E-state index in [1.54, 1.807) is 0 Å². The zero-order valence-corrected chi connectivity index (χ0v) is 12.3. The molecule has 4 nitrogen and oxygen atoms in total. The molecule has 2 heterocycles. The number of hydrogen-bond donors (Lipinski definition) is 1. The third-order valence-corrected chi connectivity index (χ3v) is 4.10. The summed E-state index contributed by atoms with van der Waals surface area (Å²) in [5.74, 6) is 5.72. The lowest BCUT2D eigenvalue weighted by molar-refractivity contribution is 0.748. The molecule has 0 saturated carbocycles. The molecule has 0 atom stereocenters. The Bertz CT molecular complexity index is 387. The SMILES string of the molecule is CNc1cc(N2CCCSCC2)nc(C(C)C)n1. The van der Waals surface area contributed by atoms with E-state index in [9.17, 15) is 0 Å². The first-order valence-electron chi connectivity index (χ1n) is 6.60. The average molecular weight is 266 g/mol. The Labute approximate surface area is 114 Å². The summed E-state index contributed by atoms with van der Waals surface area (Å²) in [4.78, 5) is 11.6. The number of aromatic nitrogens is 2. The van der Waals surface area contributed by atoms with Gasteiger partial charge in [0.2, 0.25) is 0 Å². The minimum atomic E-state index is 0.360. The van der Waals surface area contributed by atoms with Crippen LogP contribution >= 0.6 is 11.8 Å². The van der Waals surface area contributed by atoms with Crippen LogP contribution in [0.15, 0.2) is 6.07 Å². The lowest BCUT2D eigenvalue weighted by atomic mass is 10.2. The van der Waals surface area contributed by atoms with Gasteiger partial charge in [-0.3, -0.25) is 0 Å². The molecule has 1 fully saturated rings. The van der Waals surface area contributed by atoms with Crippen molar-refractivity contribution in [2.45, 2.75) is 26.2 Å². The van der Waals surface area contributed by atoms with Crippen molar-refractivity contribution in [1.82, 2.24) is 9.97 Å². The van der Waals surface area contributed by atoms with E-state index in [1.165, 1.54) is 17.9 Å². The molecule has 2 rings (SSSR count). The average Bonchev–Trinajstić information content (AvgIpc) is 2.67. The van der Waals surface area contributed by atoms with Crippen molar-refractivity contribution in [2.24, 2.45) is 0 Å². The van der Waals surface area contributed by atoms with Gasteiger partial charge in [-0.15, -0.1) is 0 Å². The maximum atomic E-state index is 4.71. The van der Waals surface area contributed by atoms with E-state index in [1.807, 2.05) is 18.8 Å². The second-order valence-electron chi connectivity index (χ2n) is 4.83. The first-order chi connectivity index (χ1) is 8.70. The summed E-state index contributed by atoms with van der Waals surface area (Å²) >= 11 is 2.03. The largest absolute Gasteiger partial charge is 0.373 e. The quantitative estimate of drug-likeness (QED) is 0.910. The Morgan fingerprint density at radius 2 is 2.11 bits per heavy atom. The second-order valence-corrected chi connectivity index (χ2v) is 6.05. The second kappa shape index (κ2) is 6.27. The van der Waals surface area contributed by atoms with Crippen LogP contribution in [-0.4, -0.2) is 41.6 Å². The molecule has 0 spiro atoms. The van der Waals surface area contributed by atoms with E-state index >= 15 is 0 Å². The Balaban J connectivity index is 2.27. The summed E-state index contributed by atoms with van der Waals surface area (Å²) < 4.78 is 0. The van der Waals surface area contributed by atoms with Gasteiger partial charge in [-0.25, -0.2) is 9.97 Å². The van der Waals surface area contributed by atoms with Gasteiger partial charge in [0.1, 0.15) is 17.5 Å². The van der Waals surface area contributed by atoms with Crippen molar-refractivity contribution < 1.29 is 0 Å². The minimum Gasteiger partial charge on any atom is -0.373 e. The lowest BCUT2D eigenvalue weighted by Crippen LogP contribution is -2.27. The molecule has 0 aliphatic carbocycles. The Morgan fingerprint density at radius 3 is 2.83 bits per heavy atom. The fourth-order valence-electron chi connectivity index (χ4n) is 1.98. The zero-order chi connectivity index (χ0) is 13.0. The molecular formula is C13H22N4S. The molecule has 5 heteroatoms. The maximum Gasteiger partial charge on any atom is 0.135 e.